The number of nitrogens with zero attached hydrogens (tertiary/aromatic N) is 2. The topological polar surface area (TPSA) is 94.7 Å². The molecule has 0 spiro atoms. The summed E-state index contributed by atoms with van der Waals surface area (Å²) in [7, 11) is 0. The minimum atomic E-state index is -0.716. The first-order valence-corrected chi connectivity index (χ1v) is 11.4. The number of nitrogens with one attached hydrogen (secondary N) is 2. The van der Waals surface area contributed by atoms with Crippen LogP contribution in [0.4, 0.5) is 4.79 Å². The van der Waals surface area contributed by atoms with Crippen LogP contribution in [0.2, 0.25) is 0 Å². The molecule has 3 amide bonds. The molecule has 0 bridgehead atoms. The summed E-state index contributed by atoms with van der Waals surface area (Å²) in [5, 5.41) is 3.89. The number of benzene rings is 1. The average Bonchev–Trinajstić information content (AvgIpc) is 3.13. The van der Waals surface area contributed by atoms with Crippen LogP contribution in [-0.2, 0) is 9.53 Å². The van der Waals surface area contributed by atoms with Crippen LogP contribution in [0, 0.1) is 5.41 Å². The molecule has 2 unspecified atom stereocenters. The van der Waals surface area contributed by atoms with E-state index in [0.29, 0.717) is 25.3 Å². The summed E-state index contributed by atoms with van der Waals surface area (Å²) in [5.41, 5.74) is 0.215. The SMILES string of the molecule is CC1CN(C(=O)OC(C)(C)C)CCN1C(=O)C(NC(=O)c1cc2ccccc2[nH]1)C(C)(C)C. The van der Waals surface area contributed by atoms with Gasteiger partial charge in [-0.15, -0.1) is 0 Å². The van der Waals surface area contributed by atoms with Crippen molar-refractivity contribution in [3.63, 3.8) is 0 Å². The van der Waals surface area contributed by atoms with E-state index in [1.807, 2.05) is 72.7 Å². The molecule has 33 heavy (non-hydrogen) atoms. The van der Waals surface area contributed by atoms with Gasteiger partial charge in [-0.3, -0.25) is 9.59 Å². The van der Waals surface area contributed by atoms with Gasteiger partial charge < -0.3 is 24.8 Å². The van der Waals surface area contributed by atoms with Crippen LogP contribution >= 0.6 is 0 Å². The Morgan fingerprint density at radius 3 is 2.33 bits per heavy atom. The Labute approximate surface area is 195 Å². The molecule has 0 radical (unpaired) electrons. The number of hydrogen-bond donors (Lipinski definition) is 2. The van der Waals surface area contributed by atoms with E-state index in [4.69, 9.17) is 4.74 Å². The summed E-state index contributed by atoms with van der Waals surface area (Å²) in [6, 6.07) is 8.53. The third-order valence-electron chi connectivity index (χ3n) is 5.73. The zero-order valence-electron chi connectivity index (χ0n) is 20.7. The largest absolute Gasteiger partial charge is 0.444 e. The van der Waals surface area contributed by atoms with Crippen molar-refractivity contribution in [2.45, 2.75) is 66.2 Å². The van der Waals surface area contributed by atoms with Crippen molar-refractivity contribution in [2.75, 3.05) is 19.6 Å². The number of hydrogen-bond acceptors (Lipinski definition) is 4. The van der Waals surface area contributed by atoms with Gasteiger partial charge in [0.1, 0.15) is 17.3 Å². The number of fused-ring (bicyclic) bond motifs is 1. The van der Waals surface area contributed by atoms with Gasteiger partial charge in [-0.25, -0.2) is 4.79 Å². The number of para-hydroxylation sites is 1. The summed E-state index contributed by atoms with van der Waals surface area (Å²) < 4.78 is 5.47. The third-order valence-corrected chi connectivity index (χ3v) is 5.73. The van der Waals surface area contributed by atoms with Gasteiger partial charge in [-0.05, 0) is 45.2 Å². The maximum Gasteiger partial charge on any atom is 0.410 e. The van der Waals surface area contributed by atoms with Gasteiger partial charge in [0.25, 0.3) is 5.91 Å². The van der Waals surface area contributed by atoms with Crippen LogP contribution < -0.4 is 5.32 Å². The van der Waals surface area contributed by atoms with Gasteiger partial charge in [0.2, 0.25) is 5.91 Å². The average molecular weight is 457 g/mol. The van der Waals surface area contributed by atoms with Gasteiger partial charge in [0.05, 0.1) is 0 Å². The minimum Gasteiger partial charge on any atom is -0.444 e. The van der Waals surface area contributed by atoms with Crippen LogP contribution in [0.5, 0.6) is 0 Å². The van der Waals surface area contributed by atoms with Crippen LogP contribution in [-0.4, -0.2) is 70.0 Å². The lowest BCUT2D eigenvalue weighted by molar-refractivity contribution is -0.140. The van der Waals surface area contributed by atoms with Crippen molar-refractivity contribution in [3.8, 4) is 0 Å². The van der Waals surface area contributed by atoms with Crippen molar-refractivity contribution in [2.24, 2.45) is 5.41 Å². The normalized spacial score (nSPS) is 18.2. The quantitative estimate of drug-likeness (QED) is 0.735. The Hall–Kier alpha value is -3.03. The Balaban J connectivity index is 1.72. The molecule has 1 saturated heterocycles. The van der Waals surface area contributed by atoms with Gasteiger partial charge in [-0.1, -0.05) is 39.0 Å². The Morgan fingerprint density at radius 2 is 1.76 bits per heavy atom. The van der Waals surface area contributed by atoms with Crippen molar-refractivity contribution < 1.29 is 19.1 Å². The molecule has 1 fully saturated rings. The highest BCUT2D eigenvalue weighted by Crippen LogP contribution is 2.25. The molecule has 8 nitrogen and oxygen atoms in total. The molecular weight excluding hydrogens is 420 g/mol. The molecule has 180 valence electrons. The molecule has 1 aliphatic rings. The molecule has 3 rings (SSSR count). The smallest absolute Gasteiger partial charge is 0.410 e. The van der Waals surface area contributed by atoms with Gasteiger partial charge in [0, 0.05) is 36.6 Å². The molecule has 8 heteroatoms. The van der Waals surface area contributed by atoms with Crippen molar-refractivity contribution in [3.05, 3.63) is 36.0 Å². The fraction of sp³-hybridized carbons (Fsp3) is 0.560. The number of rotatable bonds is 3. The maximum absolute atomic E-state index is 13.6. The molecular formula is C25H36N4O4. The van der Waals surface area contributed by atoms with E-state index in [2.05, 4.69) is 10.3 Å². The molecule has 0 saturated carbocycles. The number of carbonyl (C=O) groups excluding carboxylic acids is 3. The third kappa shape index (κ3) is 5.86. The number of H-pyrrole nitrogens is 1. The number of amides is 3. The highest BCUT2D eigenvalue weighted by molar-refractivity contribution is 6.00. The zero-order chi connectivity index (χ0) is 24.6. The fourth-order valence-electron chi connectivity index (χ4n) is 4.00. The molecule has 1 aromatic carbocycles. The van der Waals surface area contributed by atoms with Crippen molar-refractivity contribution >= 4 is 28.8 Å². The predicted octanol–water partition coefficient (Wildman–Crippen LogP) is 3.78. The van der Waals surface area contributed by atoms with Crippen LogP contribution in [0.1, 0.15) is 59.0 Å². The number of piperazine rings is 1. The molecule has 2 atom stereocenters. The van der Waals surface area contributed by atoms with E-state index in [9.17, 15) is 14.4 Å². The van der Waals surface area contributed by atoms with Crippen molar-refractivity contribution in [1.29, 1.82) is 0 Å². The molecule has 0 aliphatic carbocycles. The Bertz CT molecular complexity index is 998. The summed E-state index contributed by atoms with van der Waals surface area (Å²) in [4.78, 5) is 45.5. The Kier molecular flexibility index (Phi) is 6.77. The first kappa shape index (κ1) is 24.6. The molecule has 2 aromatic rings. The first-order chi connectivity index (χ1) is 15.3. The standard InChI is InChI=1S/C25H36N4O4/c1-16-15-28(23(32)33-25(5,6)7)12-13-29(16)22(31)20(24(2,3)4)27-21(30)19-14-17-10-8-9-11-18(17)26-19/h8-11,14,16,20,26H,12-13,15H2,1-7H3,(H,27,30). The minimum absolute atomic E-state index is 0.150. The van der Waals surface area contributed by atoms with E-state index >= 15 is 0 Å². The van der Waals surface area contributed by atoms with E-state index in [0.717, 1.165) is 10.9 Å². The second-order valence-electron chi connectivity index (χ2n) is 10.8. The van der Waals surface area contributed by atoms with E-state index < -0.39 is 17.1 Å². The lowest BCUT2D eigenvalue weighted by Crippen LogP contribution is -2.62. The van der Waals surface area contributed by atoms with E-state index in [1.165, 1.54) is 0 Å². The van der Waals surface area contributed by atoms with Crippen LogP contribution in [0.15, 0.2) is 30.3 Å². The van der Waals surface area contributed by atoms with E-state index in [1.54, 1.807) is 15.9 Å². The number of aromatic amines is 1. The summed E-state index contributed by atoms with van der Waals surface area (Å²) >= 11 is 0. The second kappa shape index (κ2) is 9.08. The highest BCUT2D eigenvalue weighted by Gasteiger charge is 2.40. The summed E-state index contributed by atoms with van der Waals surface area (Å²) in [5.74, 6) is -0.470. The van der Waals surface area contributed by atoms with Crippen molar-refractivity contribution in [1.82, 2.24) is 20.1 Å². The molecule has 2 heterocycles. The fourth-order valence-corrected chi connectivity index (χ4v) is 4.00. The molecule has 1 aliphatic heterocycles. The highest BCUT2D eigenvalue weighted by atomic mass is 16.6. The summed E-state index contributed by atoms with van der Waals surface area (Å²) in [6.45, 7) is 14.4. The van der Waals surface area contributed by atoms with E-state index in [-0.39, 0.29) is 23.9 Å². The zero-order valence-corrected chi connectivity index (χ0v) is 20.7. The van der Waals surface area contributed by atoms with Gasteiger partial charge >= 0.3 is 6.09 Å². The van der Waals surface area contributed by atoms with Gasteiger partial charge in [-0.2, -0.15) is 0 Å². The Morgan fingerprint density at radius 1 is 1.09 bits per heavy atom. The molecule has 1 aromatic heterocycles. The predicted molar refractivity (Wildman–Crippen MR) is 128 cm³/mol. The first-order valence-electron chi connectivity index (χ1n) is 11.4. The molecule has 2 N–H and O–H groups in total. The van der Waals surface area contributed by atoms with Crippen LogP contribution in [0.3, 0.4) is 0 Å². The summed E-state index contributed by atoms with van der Waals surface area (Å²) in [6.07, 6.45) is -0.374. The maximum atomic E-state index is 13.6. The second-order valence-corrected chi connectivity index (χ2v) is 10.8. The number of carbonyl (C=O) groups is 3. The lowest BCUT2D eigenvalue weighted by atomic mass is 9.85. The van der Waals surface area contributed by atoms with Gasteiger partial charge in [0.15, 0.2) is 0 Å². The monoisotopic (exact) mass is 456 g/mol. The number of aromatic nitrogens is 1. The lowest BCUT2D eigenvalue weighted by Gasteiger charge is -2.43. The van der Waals surface area contributed by atoms with Crippen LogP contribution in [0.25, 0.3) is 10.9 Å². The number of ether oxygens (including phenoxy) is 1.